The molecule has 1 heterocycles. The van der Waals surface area contributed by atoms with E-state index < -0.39 is 11.9 Å². The smallest absolute Gasteiger partial charge is 0.343 e. The summed E-state index contributed by atoms with van der Waals surface area (Å²) in [6.45, 7) is 27.9. The van der Waals surface area contributed by atoms with Gasteiger partial charge < -0.3 is 9.47 Å². The van der Waals surface area contributed by atoms with Crippen LogP contribution in [0.3, 0.4) is 0 Å². The fourth-order valence-electron chi connectivity index (χ4n) is 5.80. The van der Waals surface area contributed by atoms with Crippen molar-refractivity contribution in [1.29, 1.82) is 0 Å². The van der Waals surface area contributed by atoms with Crippen LogP contribution in [0, 0.1) is 6.92 Å². The Morgan fingerprint density at radius 2 is 1.14 bits per heavy atom. The van der Waals surface area contributed by atoms with Crippen LogP contribution < -0.4 is 9.47 Å². The highest BCUT2D eigenvalue weighted by Gasteiger charge is 2.38. The summed E-state index contributed by atoms with van der Waals surface area (Å²) in [6, 6.07) is 15.7. The second kappa shape index (κ2) is 10.4. The van der Waals surface area contributed by atoms with Crippen LogP contribution in [0.4, 0.5) is 0 Å². The van der Waals surface area contributed by atoms with Crippen LogP contribution in [0.15, 0.2) is 48.5 Å². The van der Waals surface area contributed by atoms with E-state index in [2.05, 4.69) is 96.1 Å². The van der Waals surface area contributed by atoms with Gasteiger partial charge in [0.05, 0.1) is 5.56 Å². The number of hydrogen-bond acceptors (Lipinski definition) is 4. The molecule has 42 heavy (non-hydrogen) atoms. The average Bonchev–Trinajstić information content (AvgIpc) is 3.16. The summed E-state index contributed by atoms with van der Waals surface area (Å²) in [5, 5.41) is 0. The van der Waals surface area contributed by atoms with Gasteiger partial charge in [-0.2, -0.15) is 0 Å². The Labute approximate surface area is 252 Å². The lowest BCUT2D eigenvalue weighted by atomic mass is 9.76. The second-order valence-electron chi connectivity index (χ2n) is 15.9. The minimum absolute atomic E-state index is 0.102. The van der Waals surface area contributed by atoms with Crippen molar-refractivity contribution in [3.8, 4) is 11.5 Å². The number of carbonyl (C=O) groups excluding carboxylic acids is 2. The lowest BCUT2D eigenvalue weighted by molar-refractivity contribution is -0.133. The molecule has 0 bridgehead atoms. The van der Waals surface area contributed by atoms with Crippen molar-refractivity contribution in [3.05, 3.63) is 93.0 Å². The first-order chi connectivity index (χ1) is 19.1. The predicted octanol–water partition coefficient (Wildman–Crippen LogP) is 9.46. The van der Waals surface area contributed by atoms with Gasteiger partial charge in [-0.05, 0) is 80.7 Å². The van der Waals surface area contributed by atoms with Crippen molar-refractivity contribution in [2.24, 2.45) is 0 Å². The van der Waals surface area contributed by atoms with Crippen LogP contribution in [-0.4, -0.2) is 11.9 Å². The maximum atomic E-state index is 13.9. The number of ether oxygens (including phenoxy) is 2. The standard InChI is InChI=1S/C38H48O4/c1-22-28(37(8,9)10)18-23(19-29(22)38(11,12)13)33(39)41-30-16-14-24(35(2,3)4)20-26(30)32-27-21-25(36(5,6)7)15-17-31(27)42-34(32)40/h14-21,32H,1-13H3. The monoisotopic (exact) mass is 568 g/mol. The average molecular weight is 569 g/mol. The summed E-state index contributed by atoms with van der Waals surface area (Å²) < 4.78 is 12.0. The first kappa shape index (κ1) is 31.5. The SMILES string of the molecule is Cc1c(C(C)(C)C)cc(C(=O)Oc2ccc(C(C)(C)C)cc2C2C(=O)Oc3ccc(C(C)(C)C)cc32)cc1C(C)(C)C. The largest absolute Gasteiger partial charge is 0.425 e. The molecule has 0 aliphatic carbocycles. The van der Waals surface area contributed by atoms with Crippen molar-refractivity contribution >= 4 is 11.9 Å². The van der Waals surface area contributed by atoms with Crippen molar-refractivity contribution in [2.45, 2.75) is 118 Å². The molecular formula is C38H48O4. The molecule has 0 fully saturated rings. The molecule has 3 aromatic carbocycles. The molecule has 1 unspecified atom stereocenters. The molecule has 0 N–H and O–H groups in total. The van der Waals surface area contributed by atoms with Crippen LogP contribution in [0.1, 0.15) is 138 Å². The van der Waals surface area contributed by atoms with E-state index in [0.29, 0.717) is 22.6 Å². The van der Waals surface area contributed by atoms with Gasteiger partial charge in [0.15, 0.2) is 0 Å². The van der Waals surface area contributed by atoms with Crippen LogP contribution >= 0.6 is 0 Å². The number of rotatable bonds is 3. The van der Waals surface area contributed by atoms with Crippen LogP contribution in [0.25, 0.3) is 0 Å². The Kier molecular flexibility index (Phi) is 7.81. The first-order valence-corrected chi connectivity index (χ1v) is 15.0. The van der Waals surface area contributed by atoms with Gasteiger partial charge in [-0.25, -0.2) is 4.79 Å². The maximum absolute atomic E-state index is 13.9. The Bertz CT molecular complexity index is 1510. The minimum atomic E-state index is -0.694. The highest BCUT2D eigenvalue weighted by atomic mass is 16.5. The zero-order valence-corrected chi connectivity index (χ0v) is 27.8. The van der Waals surface area contributed by atoms with E-state index >= 15 is 0 Å². The normalized spacial score (nSPS) is 15.8. The van der Waals surface area contributed by atoms with Crippen LogP contribution in [0.5, 0.6) is 11.5 Å². The highest BCUT2D eigenvalue weighted by Crippen LogP contribution is 2.45. The number of fused-ring (bicyclic) bond motifs is 1. The summed E-state index contributed by atoms with van der Waals surface area (Å²) >= 11 is 0. The van der Waals surface area contributed by atoms with Gasteiger partial charge in [-0.3, -0.25) is 4.79 Å². The quantitative estimate of drug-likeness (QED) is 0.233. The van der Waals surface area contributed by atoms with E-state index in [1.54, 1.807) is 0 Å². The fourth-order valence-corrected chi connectivity index (χ4v) is 5.80. The van der Waals surface area contributed by atoms with Gasteiger partial charge in [-0.15, -0.1) is 0 Å². The molecule has 4 nitrogen and oxygen atoms in total. The van der Waals surface area contributed by atoms with Gasteiger partial charge in [0.2, 0.25) is 0 Å². The van der Waals surface area contributed by atoms with E-state index in [-0.39, 0.29) is 27.6 Å². The summed E-state index contributed by atoms with van der Waals surface area (Å²) in [5.74, 6) is -0.565. The van der Waals surface area contributed by atoms with Crippen molar-refractivity contribution in [3.63, 3.8) is 0 Å². The summed E-state index contributed by atoms with van der Waals surface area (Å²) in [6.07, 6.45) is 0. The summed E-state index contributed by atoms with van der Waals surface area (Å²) in [5.41, 5.74) is 6.97. The van der Waals surface area contributed by atoms with Crippen molar-refractivity contribution < 1.29 is 19.1 Å². The molecule has 0 saturated heterocycles. The van der Waals surface area contributed by atoms with Crippen molar-refractivity contribution in [2.75, 3.05) is 0 Å². The van der Waals surface area contributed by atoms with E-state index in [4.69, 9.17) is 9.47 Å². The molecule has 4 heteroatoms. The Balaban J connectivity index is 1.87. The molecule has 1 aliphatic rings. The number of benzene rings is 3. The van der Waals surface area contributed by atoms with Crippen LogP contribution in [0.2, 0.25) is 0 Å². The number of esters is 2. The molecule has 224 valence electrons. The third-order valence-corrected chi connectivity index (χ3v) is 8.28. The Hall–Kier alpha value is -3.40. The van der Waals surface area contributed by atoms with E-state index in [1.807, 2.05) is 42.5 Å². The highest BCUT2D eigenvalue weighted by molar-refractivity contribution is 5.94. The molecule has 0 aromatic heterocycles. The van der Waals surface area contributed by atoms with Crippen LogP contribution in [-0.2, 0) is 26.5 Å². The second-order valence-corrected chi connectivity index (χ2v) is 15.9. The molecule has 1 aliphatic heterocycles. The fraction of sp³-hybridized carbons (Fsp3) is 0.474. The summed E-state index contributed by atoms with van der Waals surface area (Å²) in [4.78, 5) is 27.4. The maximum Gasteiger partial charge on any atom is 0.343 e. The van der Waals surface area contributed by atoms with E-state index in [1.165, 1.54) is 5.56 Å². The molecule has 1 atom stereocenters. The molecule has 0 amide bonds. The number of carbonyl (C=O) groups is 2. The Morgan fingerprint density at radius 3 is 1.62 bits per heavy atom. The topological polar surface area (TPSA) is 52.6 Å². The zero-order valence-electron chi connectivity index (χ0n) is 27.8. The molecule has 0 saturated carbocycles. The van der Waals surface area contributed by atoms with Crippen molar-refractivity contribution in [1.82, 2.24) is 0 Å². The first-order valence-electron chi connectivity index (χ1n) is 15.0. The molecule has 3 aromatic rings. The third kappa shape index (κ3) is 6.19. The minimum Gasteiger partial charge on any atom is -0.425 e. The third-order valence-electron chi connectivity index (χ3n) is 8.28. The molecule has 0 spiro atoms. The predicted molar refractivity (Wildman–Crippen MR) is 171 cm³/mol. The van der Waals surface area contributed by atoms with Gasteiger partial charge >= 0.3 is 11.9 Å². The lowest BCUT2D eigenvalue weighted by Gasteiger charge is -2.29. The molecule has 0 radical (unpaired) electrons. The Morgan fingerprint density at radius 1 is 0.667 bits per heavy atom. The van der Waals surface area contributed by atoms with Gasteiger partial charge in [0, 0.05) is 11.1 Å². The molecule has 4 rings (SSSR count). The van der Waals surface area contributed by atoms with E-state index in [9.17, 15) is 9.59 Å². The van der Waals surface area contributed by atoms with E-state index in [0.717, 1.165) is 27.8 Å². The number of hydrogen-bond donors (Lipinski definition) is 0. The zero-order chi connectivity index (χ0) is 31.6. The molecular weight excluding hydrogens is 520 g/mol. The lowest BCUT2D eigenvalue weighted by Crippen LogP contribution is -2.22. The summed E-state index contributed by atoms with van der Waals surface area (Å²) in [7, 11) is 0. The van der Waals surface area contributed by atoms with Gasteiger partial charge in [0.25, 0.3) is 0 Å². The van der Waals surface area contributed by atoms with Gasteiger partial charge in [0.1, 0.15) is 17.4 Å². The van der Waals surface area contributed by atoms with Gasteiger partial charge in [-0.1, -0.05) is 107 Å².